The van der Waals surface area contributed by atoms with Crippen LogP contribution in [0.25, 0.3) is 11.1 Å². The number of carboxylic acids is 1. The number of hydrogen-bond donors (Lipinski definition) is 2. The Kier molecular flexibility index (Phi) is 10.8. The second-order valence-corrected chi connectivity index (χ2v) is 7.48. The van der Waals surface area contributed by atoms with Crippen LogP contribution in [0.15, 0.2) is 48.5 Å². The van der Waals surface area contributed by atoms with Crippen molar-refractivity contribution in [1.29, 1.82) is 0 Å². The number of carbonyl (C=O) groups excluding carboxylic acids is 1. The Bertz CT molecular complexity index is 874. The molecule has 0 saturated heterocycles. The van der Waals surface area contributed by atoms with E-state index >= 15 is 0 Å². The molecule has 9 heteroatoms. The molecule has 1 aliphatic rings. The van der Waals surface area contributed by atoms with Crippen molar-refractivity contribution in [3.63, 3.8) is 0 Å². The van der Waals surface area contributed by atoms with Crippen LogP contribution in [0.3, 0.4) is 0 Å². The van der Waals surface area contributed by atoms with Gasteiger partial charge in [0, 0.05) is 17.7 Å². The van der Waals surface area contributed by atoms with Gasteiger partial charge in [-0.25, -0.2) is 4.79 Å². The summed E-state index contributed by atoms with van der Waals surface area (Å²) in [4.78, 5) is 22.6. The van der Waals surface area contributed by atoms with Gasteiger partial charge in [-0.1, -0.05) is 48.5 Å². The molecule has 0 aromatic heterocycles. The van der Waals surface area contributed by atoms with Crippen molar-refractivity contribution in [3.8, 4) is 11.1 Å². The van der Waals surface area contributed by atoms with Crippen LogP contribution < -0.4 is 5.32 Å². The predicted molar refractivity (Wildman–Crippen MR) is 124 cm³/mol. The van der Waals surface area contributed by atoms with Crippen LogP contribution in [0.1, 0.15) is 23.7 Å². The van der Waals surface area contributed by atoms with E-state index in [-0.39, 0.29) is 13.0 Å². The molecule has 2 aromatic carbocycles. The van der Waals surface area contributed by atoms with Gasteiger partial charge in [0.2, 0.25) is 0 Å². The van der Waals surface area contributed by atoms with Gasteiger partial charge in [-0.05, 0) is 11.1 Å². The highest BCUT2D eigenvalue weighted by Gasteiger charge is 2.30. The Morgan fingerprint density at radius 2 is 1.18 bits per heavy atom. The maximum absolute atomic E-state index is 12.3. The van der Waals surface area contributed by atoms with Crippen molar-refractivity contribution in [2.24, 2.45) is 0 Å². The topological polar surface area (TPSA) is 113 Å². The number of ether oxygens (including phenoxy) is 5. The zero-order valence-corrected chi connectivity index (χ0v) is 19.1. The van der Waals surface area contributed by atoms with Crippen LogP contribution in [0.4, 0.5) is 4.79 Å². The van der Waals surface area contributed by atoms with E-state index in [0.29, 0.717) is 52.8 Å². The molecule has 184 valence electrons. The van der Waals surface area contributed by atoms with Crippen molar-refractivity contribution in [2.45, 2.75) is 12.5 Å². The molecule has 0 unspecified atom stereocenters. The van der Waals surface area contributed by atoms with Gasteiger partial charge in [-0.2, -0.15) is 0 Å². The fraction of sp³-hybridized carbons (Fsp3) is 0.440. The lowest BCUT2D eigenvalue weighted by atomic mass is 10.1. The molecular weight excluding hydrogens is 442 g/mol. The molecule has 0 aliphatic heterocycles. The second-order valence-electron chi connectivity index (χ2n) is 7.48. The number of carbonyl (C=O) groups is 2. The maximum Gasteiger partial charge on any atom is 0.408 e. The highest BCUT2D eigenvalue weighted by molar-refractivity contribution is 5.79. The van der Waals surface area contributed by atoms with E-state index in [0.717, 1.165) is 22.3 Å². The number of carboxylic acid groups (broad SMARTS) is 1. The fourth-order valence-electron chi connectivity index (χ4n) is 3.53. The van der Waals surface area contributed by atoms with Gasteiger partial charge in [0.25, 0.3) is 0 Å². The van der Waals surface area contributed by atoms with Gasteiger partial charge in [0.05, 0.1) is 59.3 Å². The van der Waals surface area contributed by atoms with Crippen LogP contribution >= 0.6 is 0 Å². The zero-order valence-electron chi connectivity index (χ0n) is 19.1. The molecule has 0 heterocycles. The summed E-state index contributed by atoms with van der Waals surface area (Å²) < 4.78 is 27.0. The molecule has 0 radical (unpaired) electrons. The molecule has 2 aromatic rings. The van der Waals surface area contributed by atoms with E-state index < -0.39 is 18.2 Å². The summed E-state index contributed by atoms with van der Waals surface area (Å²) >= 11 is 0. The van der Waals surface area contributed by atoms with Crippen molar-refractivity contribution < 1.29 is 38.4 Å². The normalized spacial score (nSPS) is 12.2. The molecule has 1 amide bonds. The average Bonchev–Trinajstić information content (AvgIpc) is 3.15. The van der Waals surface area contributed by atoms with E-state index in [1.807, 2.05) is 48.5 Å². The van der Waals surface area contributed by atoms with E-state index in [1.54, 1.807) is 0 Å². The van der Waals surface area contributed by atoms with Crippen molar-refractivity contribution in [3.05, 3.63) is 59.7 Å². The standard InChI is InChI=1S/C25H31NO8/c27-23(28)9-11-30-13-15-32-17-18-33-16-14-31-12-10-26-25(29)34-24-21-7-3-1-5-19(21)20-6-2-4-8-22(20)24/h1-8,24H,9-18H2,(H,26,29)(H,27,28). The van der Waals surface area contributed by atoms with Crippen LogP contribution in [0, 0.1) is 0 Å². The molecule has 0 fully saturated rings. The summed E-state index contributed by atoms with van der Waals surface area (Å²) in [5.41, 5.74) is 4.16. The lowest BCUT2D eigenvalue weighted by molar-refractivity contribution is -0.138. The lowest BCUT2D eigenvalue weighted by Gasteiger charge is -2.15. The van der Waals surface area contributed by atoms with Gasteiger partial charge in [-0.15, -0.1) is 0 Å². The Morgan fingerprint density at radius 1 is 0.706 bits per heavy atom. The minimum Gasteiger partial charge on any atom is -0.481 e. The summed E-state index contributed by atoms with van der Waals surface area (Å²) in [6.45, 7) is 3.26. The van der Waals surface area contributed by atoms with Crippen LogP contribution in [-0.4, -0.2) is 76.6 Å². The molecule has 34 heavy (non-hydrogen) atoms. The number of nitrogens with one attached hydrogen (secondary N) is 1. The first-order valence-corrected chi connectivity index (χ1v) is 11.3. The minimum atomic E-state index is -0.881. The van der Waals surface area contributed by atoms with E-state index in [4.69, 9.17) is 28.8 Å². The molecule has 0 atom stereocenters. The summed E-state index contributed by atoms with van der Waals surface area (Å²) in [5.74, 6) is -0.881. The van der Waals surface area contributed by atoms with E-state index in [1.165, 1.54) is 0 Å². The fourth-order valence-corrected chi connectivity index (χ4v) is 3.53. The van der Waals surface area contributed by atoms with Gasteiger partial charge >= 0.3 is 12.1 Å². The molecule has 0 saturated carbocycles. The third-order valence-corrected chi connectivity index (χ3v) is 5.09. The number of benzene rings is 2. The maximum atomic E-state index is 12.3. The van der Waals surface area contributed by atoms with E-state index in [9.17, 15) is 9.59 Å². The lowest BCUT2D eigenvalue weighted by Crippen LogP contribution is -2.29. The molecule has 1 aliphatic carbocycles. The summed E-state index contributed by atoms with van der Waals surface area (Å²) in [7, 11) is 0. The smallest absolute Gasteiger partial charge is 0.408 e. The van der Waals surface area contributed by atoms with Gasteiger partial charge in [0.1, 0.15) is 0 Å². The monoisotopic (exact) mass is 473 g/mol. The predicted octanol–water partition coefficient (Wildman–Crippen LogP) is 3.02. The first kappa shape index (κ1) is 25.6. The average molecular weight is 474 g/mol. The van der Waals surface area contributed by atoms with Crippen LogP contribution in [0.5, 0.6) is 0 Å². The van der Waals surface area contributed by atoms with Gasteiger partial charge < -0.3 is 34.1 Å². The van der Waals surface area contributed by atoms with E-state index in [2.05, 4.69) is 5.32 Å². The number of aliphatic carboxylic acids is 1. The highest BCUT2D eigenvalue weighted by atomic mass is 16.6. The number of fused-ring (bicyclic) bond motifs is 3. The van der Waals surface area contributed by atoms with Crippen molar-refractivity contribution in [2.75, 3.05) is 59.4 Å². The molecule has 9 nitrogen and oxygen atoms in total. The Balaban J connectivity index is 1.19. The summed E-state index contributed by atoms with van der Waals surface area (Å²) in [6, 6.07) is 15.9. The first-order chi connectivity index (χ1) is 16.7. The number of amides is 1. The van der Waals surface area contributed by atoms with Gasteiger partial charge in [0.15, 0.2) is 6.10 Å². The van der Waals surface area contributed by atoms with Gasteiger partial charge in [-0.3, -0.25) is 4.79 Å². The Hall–Kier alpha value is -2.98. The molecular formula is C25H31NO8. The van der Waals surface area contributed by atoms with Crippen LogP contribution in [0.2, 0.25) is 0 Å². The Labute approximate surface area is 198 Å². The Morgan fingerprint density at radius 3 is 1.71 bits per heavy atom. The highest BCUT2D eigenvalue weighted by Crippen LogP contribution is 2.44. The molecule has 0 bridgehead atoms. The third-order valence-electron chi connectivity index (χ3n) is 5.09. The first-order valence-electron chi connectivity index (χ1n) is 11.3. The van der Waals surface area contributed by atoms with Crippen LogP contribution in [-0.2, 0) is 28.5 Å². The molecule has 0 spiro atoms. The number of rotatable bonds is 16. The second kappa shape index (κ2) is 14.3. The third kappa shape index (κ3) is 8.11. The zero-order chi connectivity index (χ0) is 24.0. The summed E-state index contributed by atoms with van der Waals surface area (Å²) in [5, 5.41) is 11.2. The molecule has 2 N–H and O–H groups in total. The SMILES string of the molecule is O=C(O)CCOCCOCCOCCOCCNC(=O)OC1c2ccccc2-c2ccccc21. The largest absolute Gasteiger partial charge is 0.481 e. The van der Waals surface area contributed by atoms with Crippen molar-refractivity contribution in [1.82, 2.24) is 5.32 Å². The summed E-state index contributed by atoms with van der Waals surface area (Å²) in [6.07, 6.45) is -0.913. The minimum absolute atomic E-state index is 0.0105. The number of alkyl carbamates (subject to hydrolysis) is 1. The number of hydrogen-bond acceptors (Lipinski definition) is 7. The molecule has 3 rings (SSSR count). The quantitative estimate of drug-likeness (QED) is 0.358. The van der Waals surface area contributed by atoms with Crippen molar-refractivity contribution >= 4 is 12.1 Å².